The molecule has 0 fully saturated rings. The fraction of sp³-hybridized carbons (Fsp3) is 0.300. The molecule has 0 aliphatic rings. The molecule has 0 spiro atoms. The zero-order valence-corrected chi connectivity index (χ0v) is 15.2. The van der Waals surface area contributed by atoms with Gasteiger partial charge in [-0.25, -0.2) is 0 Å². The highest BCUT2D eigenvalue weighted by Gasteiger charge is 2.16. The first-order valence-corrected chi connectivity index (χ1v) is 8.51. The van der Waals surface area contributed by atoms with Crippen molar-refractivity contribution in [2.24, 2.45) is 0 Å². The van der Waals surface area contributed by atoms with Crippen LogP contribution in [0.3, 0.4) is 0 Å². The first-order chi connectivity index (χ1) is 12.7. The molecule has 1 unspecified atom stereocenters. The second-order valence-electron chi connectivity index (χ2n) is 5.97. The predicted octanol–water partition coefficient (Wildman–Crippen LogP) is 3.53. The summed E-state index contributed by atoms with van der Waals surface area (Å²) >= 11 is 0. The lowest BCUT2D eigenvalue weighted by Gasteiger charge is -2.14. The molecule has 1 aromatic heterocycles. The quantitative estimate of drug-likeness (QED) is 0.668. The maximum absolute atomic E-state index is 5.46. The van der Waals surface area contributed by atoms with Crippen molar-refractivity contribution in [1.29, 1.82) is 0 Å². The minimum Gasteiger partial charge on any atom is -0.493 e. The van der Waals surface area contributed by atoms with Crippen LogP contribution < -0.4 is 14.8 Å². The molecule has 0 saturated carbocycles. The van der Waals surface area contributed by atoms with Crippen molar-refractivity contribution < 1.29 is 14.0 Å². The lowest BCUT2D eigenvalue weighted by Crippen LogP contribution is -2.19. The van der Waals surface area contributed by atoms with Crippen molar-refractivity contribution in [3.05, 3.63) is 71.4 Å². The van der Waals surface area contributed by atoms with Crippen molar-refractivity contribution >= 4 is 0 Å². The molecule has 26 heavy (non-hydrogen) atoms. The first kappa shape index (κ1) is 17.9. The largest absolute Gasteiger partial charge is 0.493 e. The van der Waals surface area contributed by atoms with Crippen molar-refractivity contribution in [3.8, 4) is 11.5 Å². The molecular weight excluding hydrogens is 330 g/mol. The zero-order valence-electron chi connectivity index (χ0n) is 15.2. The molecule has 0 saturated heterocycles. The fourth-order valence-electron chi connectivity index (χ4n) is 2.74. The van der Waals surface area contributed by atoms with Gasteiger partial charge >= 0.3 is 0 Å². The van der Waals surface area contributed by atoms with Gasteiger partial charge in [-0.05, 0) is 18.6 Å². The van der Waals surface area contributed by atoms with Crippen molar-refractivity contribution in [3.63, 3.8) is 0 Å². The molecule has 136 valence electrons. The van der Waals surface area contributed by atoms with Crippen LogP contribution in [0.25, 0.3) is 0 Å². The number of rotatable bonds is 8. The molecule has 0 bridgehead atoms. The summed E-state index contributed by atoms with van der Waals surface area (Å²) in [7, 11) is 3.27. The average Bonchev–Trinajstić information content (AvgIpc) is 3.15. The number of hydrogen-bond donors (Lipinski definition) is 1. The van der Waals surface area contributed by atoms with Gasteiger partial charge in [0.25, 0.3) is 0 Å². The SMILES string of the molecule is COc1cccc(CNC(C)c2nc(Cc3ccccc3)no2)c1OC. The molecule has 3 aromatic rings. The Hall–Kier alpha value is -2.86. The van der Waals surface area contributed by atoms with E-state index >= 15 is 0 Å². The number of benzene rings is 2. The van der Waals surface area contributed by atoms with Crippen LogP contribution in [0, 0.1) is 0 Å². The summed E-state index contributed by atoms with van der Waals surface area (Å²) in [5.41, 5.74) is 2.16. The Morgan fingerprint density at radius 3 is 2.58 bits per heavy atom. The van der Waals surface area contributed by atoms with E-state index in [0.717, 1.165) is 16.9 Å². The van der Waals surface area contributed by atoms with Crippen LogP contribution in [-0.4, -0.2) is 24.4 Å². The summed E-state index contributed by atoms with van der Waals surface area (Å²) in [6.07, 6.45) is 0.654. The highest BCUT2D eigenvalue weighted by Crippen LogP contribution is 2.30. The minimum atomic E-state index is -0.0806. The number of para-hydroxylation sites is 1. The van der Waals surface area contributed by atoms with Gasteiger partial charge in [0, 0.05) is 18.5 Å². The standard InChI is InChI=1S/C20H23N3O3/c1-14(21-13-16-10-7-11-17(24-2)19(16)25-3)20-22-18(23-26-20)12-15-8-5-4-6-9-15/h4-11,14,21H,12-13H2,1-3H3. The number of ether oxygens (including phenoxy) is 2. The molecule has 0 aliphatic heterocycles. The number of hydrogen-bond acceptors (Lipinski definition) is 6. The van der Waals surface area contributed by atoms with Crippen molar-refractivity contribution in [1.82, 2.24) is 15.5 Å². The van der Waals surface area contributed by atoms with Gasteiger partial charge < -0.3 is 19.3 Å². The second kappa shape index (κ2) is 8.49. The Kier molecular flexibility index (Phi) is 5.86. The van der Waals surface area contributed by atoms with Gasteiger partial charge in [0.2, 0.25) is 5.89 Å². The number of nitrogens with zero attached hydrogens (tertiary/aromatic N) is 2. The predicted molar refractivity (Wildman–Crippen MR) is 98.3 cm³/mol. The van der Waals surface area contributed by atoms with E-state index in [1.807, 2.05) is 55.5 Å². The van der Waals surface area contributed by atoms with Crippen LogP contribution >= 0.6 is 0 Å². The van der Waals surface area contributed by atoms with E-state index in [0.29, 0.717) is 30.4 Å². The summed E-state index contributed by atoms with van der Waals surface area (Å²) in [5.74, 6) is 2.68. The molecule has 6 heteroatoms. The maximum atomic E-state index is 5.46. The van der Waals surface area contributed by atoms with Gasteiger partial charge in [-0.15, -0.1) is 0 Å². The molecule has 1 heterocycles. The third-order valence-electron chi connectivity index (χ3n) is 4.14. The Morgan fingerprint density at radius 1 is 1.04 bits per heavy atom. The van der Waals surface area contributed by atoms with E-state index in [9.17, 15) is 0 Å². The third kappa shape index (κ3) is 4.21. The van der Waals surface area contributed by atoms with Crippen molar-refractivity contribution in [2.45, 2.75) is 25.9 Å². The van der Waals surface area contributed by atoms with E-state index in [-0.39, 0.29) is 6.04 Å². The van der Waals surface area contributed by atoms with Gasteiger partial charge in [-0.2, -0.15) is 4.98 Å². The van der Waals surface area contributed by atoms with Crippen LogP contribution in [0.4, 0.5) is 0 Å². The van der Waals surface area contributed by atoms with E-state index in [4.69, 9.17) is 14.0 Å². The van der Waals surface area contributed by atoms with Crippen molar-refractivity contribution in [2.75, 3.05) is 14.2 Å². The van der Waals surface area contributed by atoms with E-state index in [2.05, 4.69) is 15.5 Å². The highest BCUT2D eigenvalue weighted by atomic mass is 16.5. The fourth-order valence-corrected chi connectivity index (χ4v) is 2.74. The minimum absolute atomic E-state index is 0.0806. The second-order valence-corrected chi connectivity index (χ2v) is 5.97. The van der Waals surface area contributed by atoms with E-state index in [1.165, 1.54) is 0 Å². The number of aromatic nitrogens is 2. The number of methoxy groups -OCH3 is 2. The number of nitrogens with one attached hydrogen (secondary N) is 1. The average molecular weight is 353 g/mol. The molecule has 1 N–H and O–H groups in total. The van der Waals surface area contributed by atoms with Crippen LogP contribution in [0.2, 0.25) is 0 Å². The Labute approximate surface area is 153 Å². The molecule has 1 atom stereocenters. The summed E-state index contributed by atoms with van der Waals surface area (Å²) in [5, 5.41) is 7.46. The maximum Gasteiger partial charge on any atom is 0.243 e. The molecule has 0 amide bonds. The third-order valence-corrected chi connectivity index (χ3v) is 4.14. The van der Waals surface area contributed by atoms with Gasteiger partial charge in [0.15, 0.2) is 17.3 Å². The highest BCUT2D eigenvalue weighted by molar-refractivity contribution is 5.46. The van der Waals surface area contributed by atoms with E-state index < -0.39 is 0 Å². The monoisotopic (exact) mass is 353 g/mol. The summed E-state index contributed by atoms with van der Waals surface area (Å²) in [6, 6.07) is 15.8. The molecule has 0 aliphatic carbocycles. The van der Waals surface area contributed by atoms with Gasteiger partial charge in [-0.3, -0.25) is 0 Å². The Bertz CT molecular complexity index is 833. The first-order valence-electron chi connectivity index (χ1n) is 8.51. The van der Waals surface area contributed by atoms with Gasteiger partial charge in [-0.1, -0.05) is 47.6 Å². The molecule has 0 radical (unpaired) electrons. The topological polar surface area (TPSA) is 69.4 Å². The Balaban J connectivity index is 1.63. The lowest BCUT2D eigenvalue weighted by molar-refractivity contribution is 0.331. The molecule has 2 aromatic carbocycles. The van der Waals surface area contributed by atoms with Crippen LogP contribution in [0.5, 0.6) is 11.5 Å². The summed E-state index contributed by atoms with van der Waals surface area (Å²) < 4.78 is 16.2. The smallest absolute Gasteiger partial charge is 0.243 e. The molecule has 6 nitrogen and oxygen atoms in total. The van der Waals surface area contributed by atoms with Gasteiger partial charge in [0.1, 0.15) is 0 Å². The van der Waals surface area contributed by atoms with Crippen LogP contribution in [-0.2, 0) is 13.0 Å². The van der Waals surface area contributed by atoms with Crippen LogP contribution in [0.15, 0.2) is 53.1 Å². The lowest BCUT2D eigenvalue weighted by atomic mass is 10.1. The zero-order chi connectivity index (χ0) is 18.4. The summed E-state index contributed by atoms with van der Waals surface area (Å²) in [6.45, 7) is 2.59. The summed E-state index contributed by atoms with van der Waals surface area (Å²) in [4.78, 5) is 4.50. The van der Waals surface area contributed by atoms with E-state index in [1.54, 1.807) is 14.2 Å². The molecular formula is C20H23N3O3. The molecule has 3 rings (SSSR count). The van der Waals surface area contributed by atoms with Gasteiger partial charge in [0.05, 0.1) is 20.3 Å². The van der Waals surface area contributed by atoms with Crippen LogP contribution in [0.1, 0.15) is 35.8 Å². The Morgan fingerprint density at radius 2 is 1.85 bits per heavy atom. The normalized spacial score (nSPS) is 12.0.